The van der Waals surface area contributed by atoms with Gasteiger partial charge in [-0.05, 0) is 86.4 Å². The second kappa shape index (κ2) is 9.22. The van der Waals surface area contributed by atoms with Gasteiger partial charge < -0.3 is 4.74 Å². The summed E-state index contributed by atoms with van der Waals surface area (Å²) in [6, 6.07) is 0. The lowest BCUT2D eigenvalue weighted by Gasteiger charge is -2.45. The number of ether oxygens (including phenoxy) is 1. The second-order valence-electron chi connectivity index (χ2n) is 12.9. The number of allylic oxidation sites excluding steroid dienone is 1. The van der Waals surface area contributed by atoms with Gasteiger partial charge in [0.1, 0.15) is 5.60 Å². The Morgan fingerprint density at radius 1 is 0.935 bits per heavy atom. The molecule has 0 spiro atoms. The van der Waals surface area contributed by atoms with Crippen LogP contribution in [0.4, 0.5) is 0 Å². The van der Waals surface area contributed by atoms with Crippen LogP contribution < -0.4 is 0 Å². The second-order valence-corrected chi connectivity index (χ2v) is 12.9. The topological polar surface area (TPSA) is 26.3 Å². The quantitative estimate of drug-likeness (QED) is 0.379. The van der Waals surface area contributed by atoms with Crippen molar-refractivity contribution < 1.29 is 9.53 Å². The SMILES string of the molecule is CCC(C)(C)C1CC2C=C(C(=O)OC(C)(C)C3CCCCC3)CCC2C1C(C)(C)CC. The number of carbonyl (C=O) groups excluding carboxylic acids is 1. The van der Waals surface area contributed by atoms with Crippen molar-refractivity contribution in [3.05, 3.63) is 11.6 Å². The van der Waals surface area contributed by atoms with Crippen LogP contribution in [0.1, 0.15) is 120 Å². The fourth-order valence-electron chi connectivity index (χ4n) is 7.21. The normalized spacial score (nSPS) is 30.6. The molecule has 2 nitrogen and oxygen atoms in total. The van der Waals surface area contributed by atoms with Crippen LogP contribution in [0.25, 0.3) is 0 Å². The number of carbonyl (C=O) groups is 1. The molecule has 4 atom stereocenters. The summed E-state index contributed by atoms with van der Waals surface area (Å²) >= 11 is 0. The summed E-state index contributed by atoms with van der Waals surface area (Å²) in [6.45, 7) is 18.9. The van der Waals surface area contributed by atoms with Crippen molar-refractivity contribution in [2.75, 3.05) is 0 Å². The van der Waals surface area contributed by atoms with Gasteiger partial charge in [-0.2, -0.15) is 0 Å². The van der Waals surface area contributed by atoms with Gasteiger partial charge in [0, 0.05) is 5.57 Å². The highest BCUT2D eigenvalue weighted by Crippen LogP contribution is 2.60. The molecule has 2 heteroatoms. The van der Waals surface area contributed by atoms with Gasteiger partial charge in [0.25, 0.3) is 0 Å². The monoisotopic (exact) mass is 430 g/mol. The first-order chi connectivity index (χ1) is 14.4. The van der Waals surface area contributed by atoms with Crippen LogP contribution in [0.2, 0.25) is 0 Å². The zero-order valence-electron chi connectivity index (χ0n) is 21.9. The number of hydrogen-bond donors (Lipinski definition) is 0. The van der Waals surface area contributed by atoms with Crippen molar-refractivity contribution in [1.82, 2.24) is 0 Å². The lowest BCUT2D eigenvalue weighted by Crippen LogP contribution is -2.39. The fourth-order valence-corrected chi connectivity index (χ4v) is 7.21. The number of fused-ring (bicyclic) bond motifs is 1. The van der Waals surface area contributed by atoms with Gasteiger partial charge >= 0.3 is 5.97 Å². The van der Waals surface area contributed by atoms with Crippen molar-refractivity contribution in [3.63, 3.8) is 0 Å². The summed E-state index contributed by atoms with van der Waals surface area (Å²) in [4.78, 5) is 13.2. The van der Waals surface area contributed by atoms with E-state index in [9.17, 15) is 4.79 Å². The molecule has 0 aromatic rings. The Kier molecular flexibility index (Phi) is 7.39. The van der Waals surface area contributed by atoms with Gasteiger partial charge in [-0.3, -0.25) is 0 Å². The summed E-state index contributed by atoms with van der Waals surface area (Å²) in [5, 5.41) is 0. The van der Waals surface area contributed by atoms with Crippen LogP contribution in [0.15, 0.2) is 11.6 Å². The van der Waals surface area contributed by atoms with Crippen molar-refractivity contribution in [2.24, 2.45) is 40.4 Å². The minimum Gasteiger partial charge on any atom is -0.456 e. The first kappa shape index (κ1) is 24.8. The Morgan fingerprint density at radius 2 is 1.55 bits per heavy atom. The van der Waals surface area contributed by atoms with E-state index in [-0.39, 0.29) is 11.6 Å². The molecule has 31 heavy (non-hydrogen) atoms. The van der Waals surface area contributed by atoms with E-state index in [0.29, 0.717) is 28.6 Å². The predicted molar refractivity (Wildman–Crippen MR) is 131 cm³/mol. The lowest BCUT2D eigenvalue weighted by atomic mass is 9.60. The Bertz CT molecular complexity index is 662. The Morgan fingerprint density at radius 3 is 2.13 bits per heavy atom. The minimum atomic E-state index is -0.343. The molecule has 0 radical (unpaired) electrons. The molecule has 0 aromatic carbocycles. The molecule has 0 bridgehead atoms. The molecule has 0 aromatic heterocycles. The highest BCUT2D eigenvalue weighted by Gasteiger charge is 2.53. The van der Waals surface area contributed by atoms with Gasteiger partial charge in [-0.25, -0.2) is 4.79 Å². The predicted octanol–water partition coefficient (Wildman–Crippen LogP) is 8.35. The van der Waals surface area contributed by atoms with Gasteiger partial charge in [0.05, 0.1) is 0 Å². The summed E-state index contributed by atoms with van der Waals surface area (Å²) in [5.41, 5.74) is 1.33. The standard InChI is InChI=1S/C29H50O2/c1-9-27(3,4)24-19-21-18-20(16-17-23(21)25(24)28(5,6)10-2)26(30)31-29(7,8)22-14-12-11-13-15-22/h18,21-25H,9-17,19H2,1-8H3. The molecule has 0 saturated heterocycles. The largest absolute Gasteiger partial charge is 0.456 e. The first-order valence-corrected chi connectivity index (χ1v) is 13.4. The van der Waals surface area contributed by atoms with E-state index in [1.165, 1.54) is 51.4 Å². The zero-order chi connectivity index (χ0) is 23.0. The molecule has 2 saturated carbocycles. The Labute approximate surface area is 193 Å². The third-order valence-electron chi connectivity index (χ3n) is 10.1. The third kappa shape index (κ3) is 5.09. The maximum atomic E-state index is 13.2. The van der Waals surface area contributed by atoms with Crippen molar-refractivity contribution in [1.29, 1.82) is 0 Å². The van der Waals surface area contributed by atoms with E-state index in [4.69, 9.17) is 4.74 Å². The van der Waals surface area contributed by atoms with Crippen LogP contribution in [0, 0.1) is 40.4 Å². The molecule has 3 aliphatic carbocycles. The highest BCUT2D eigenvalue weighted by molar-refractivity contribution is 5.89. The average molecular weight is 431 g/mol. The van der Waals surface area contributed by atoms with Crippen molar-refractivity contribution >= 4 is 5.97 Å². The van der Waals surface area contributed by atoms with Gasteiger partial charge in [0.15, 0.2) is 0 Å². The van der Waals surface area contributed by atoms with E-state index in [0.717, 1.165) is 30.3 Å². The highest BCUT2D eigenvalue weighted by atomic mass is 16.6. The minimum absolute atomic E-state index is 0.0291. The van der Waals surface area contributed by atoms with E-state index in [1.54, 1.807) is 0 Å². The maximum Gasteiger partial charge on any atom is 0.334 e. The molecule has 3 aliphatic rings. The maximum absolute atomic E-state index is 13.2. The summed E-state index contributed by atoms with van der Waals surface area (Å²) in [6.07, 6.45) is 14.4. The molecule has 0 N–H and O–H groups in total. The number of rotatable bonds is 7. The van der Waals surface area contributed by atoms with Crippen LogP contribution in [0.5, 0.6) is 0 Å². The van der Waals surface area contributed by atoms with Crippen molar-refractivity contribution in [2.45, 2.75) is 125 Å². The molecular formula is C29H50O2. The van der Waals surface area contributed by atoms with Gasteiger partial charge in [0.2, 0.25) is 0 Å². The van der Waals surface area contributed by atoms with Crippen LogP contribution in [-0.4, -0.2) is 11.6 Å². The van der Waals surface area contributed by atoms with Crippen LogP contribution in [-0.2, 0) is 9.53 Å². The molecule has 4 unspecified atom stereocenters. The van der Waals surface area contributed by atoms with Crippen LogP contribution in [0.3, 0.4) is 0 Å². The van der Waals surface area contributed by atoms with E-state index in [2.05, 4.69) is 61.5 Å². The summed E-state index contributed by atoms with van der Waals surface area (Å²) < 4.78 is 6.19. The smallest absolute Gasteiger partial charge is 0.334 e. The molecule has 178 valence electrons. The van der Waals surface area contributed by atoms with E-state index in [1.807, 2.05) is 0 Å². The number of esters is 1. The molecule has 3 rings (SSSR count). The van der Waals surface area contributed by atoms with E-state index >= 15 is 0 Å². The summed E-state index contributed by atoms with van der Waals surface area (Å²) in [7, 11) is 0. The molecule has 0 heterocycles. The molecule has 0 aliphatic heterocycles. The molecule has 2 fully saturated rings. The average Bonchev–Trinajstić information content (AvgIpc) is 3.14. The lowest BCUT2D eigenvalue weighted by molar-refractivity contribution is -0.158. The van der Waals surface area contributed by atoms with Crippen molar-refractivity contribution in [3.8, 4) is 0 Å². The third-order valence-corrected chi connectivity index (χ3v) is 10.1. The fraction of sp³-hybridized carbons (Fsp3) is 0.897. The zero-order valence-corrected chi connectivity index (χ0v) is 21.9. The summed E-state index contributed by atoms with van der Waals surface area (Å²) in [5.74, 6) is 3.21. The Balaban J connectivity index is 1.78. The number of hydrogen-bond acceptors (Lipinski definition) is 2. The van der Waals surface area contributed by atoms with Gasteiger partial charge in [-0.15, -0.1) is 0 Å². The van der Waals surface area contributed by atoms with E-state index < -0.39 is 0 Å². The van der Waals surface area contributed by atoms with Crippen LogP contribution >= 0.6 is 0 Å². The molecular weight excluding hydrogens is 380 g/mol. The Hall–Kier alpha value is -0.790. The molecule has 0 amide bonds. The van der Waals surface area contributed by atoms with Gasteiger partial charge in [-0.1, -0.05) is 79.7 Å². The first-order valence-electron chi connectivity index (χ1n) is 13.4.